The maximum Gasteiger partial charge on any atom is 0.0874 e. The fourth-order valence-corrected chi connectivity index (χ4v) is 2.58. The summed E-state index contributed by atoms with van der Waals surface area (Å²) in [5, 5.41) is 29.2. The second-order valence-electron chi connectivity index (χ2n) is 8.95. The van der Waals surface area contributed by atoms with E-state index in [9.17, 15) is 15.3 Å². The van der Waals surface area contributed by atoms with E-state index in [-0.39, 0.29) is 35.6 Å². The topological polar surface area (TPSA) is 88.4 Å². The van der Waals surface area contributed by atoms with Gasteiger partial charge in [0.1, 0.15) is 0 Å². The fourth-order valence-electron chi connectivity index (χ4n) is 2.58. The maximum absolute atomic E-state index is 9.73. The first-order valence-electron chi connectivity index (χ1n) is 13.4. The van der Waals surface area contributed by atoms with E-state index >= 15 is 0 Å². The Morgan fingerprint density at radius 2 is 0.588 bits per heavy atom. The summed E-state index contributed by atoms with van der Waals surface area (Å²) in [7, 11) is 0. The van der Waals surface area contributed by atoms with E-state index in [0.717, 1.165) is 77.6 Å². The zero-order valence-electron chi connectivity index (χ0n) is 24.3. The van der Waals surface area contributed by atoms with Gasteiger partial charge in [-0.25, -0.2) is 0 Å². The maximum atomic E-state index is 9.73. The van der Waals surface area contributed by atoms with E-state index in [2.05, 4.69) is 20.8 Å². The summed E-state index contributed by atoms with van der Waals surface area (Å²) in [5.41, 5.74) is -1.76. The summed E-state index contributed by atoms with van der Waals surface area (Å²) in [6.45, 7) is 21.8. The quantitative estimate of drug-likeness (QED) is 0.166. The van der Waals surface area contributed by atoms with Gasteiger partial charge in [-0.2, -0.15) is 0 Å². The van der Waals surface area contributed by atoms with Crippen molar-refractivity contribution in [3.8, 4) is 0 Å². The Balaban J connectivity index is -0.000000196. The van der Waals surface area contributed by atoms with Crippen LogP contribution in [-0.2, 0) is 14.2 Å². The number of hydrogen-bond donors (Lipinski definition) is 3. The van der Waals surface area contributed by atoms with Crippen molar-refractivity contribution >= 4 is 0 Å². The molecule has 7 heteroatoms. The van der Waals surface area contributed by atoms with Gasteiger partial charge in [0.2, 0.25) is 0 Å². The summed E-state index contributed by atoms with van der Waals surface area (Å²) in [6, 6.07) is 0. The second kappa shape index (κ2) is 27.0. The standard InChI is InChI=1S/3C9H20O2.La/c3*1-4-7-11-8-9(10,5-2)6-3;/h3*10H,4-8H2,1-3H3;. The van der Waals surface area contributed by atoms with E-state index in [4.69, 9.17) is 14.2 Å². The first-order chi connectivity index (χ1) is 15.5. The minimum Gasteiger partial charge on any atom is -0.388 e. The molecule has 0 aromatic heterocycles. The molecule has 0 bridgehead atoms. The molecule has 0 heterocycles. The molecule has 34 heavy (non-hydrogen) atoms. The molecule has 1 radical (unpaired) electrons. The predicted octanol–water partition coefficient (Wildman–Crippen LogP) is 5.89. The Morgan fingerprint density at radius 3 is 0.706 bits per heavy atom. The van der Waals surface area contributed by atoms with Crippen LogP contribution in [0.3, 0.4) is 0 Å². The van der Waals surface area contributed by atoms with Crippen molar-refractivity contribution in [1.29, 1.82) is 0 Å². The average molecular weight is 620 g/mol. The van der Waals surface area contributed by atoms with Crippen LogP contribution in [0, 0.1) is 35.6 Å². The van der Waals surface area contributed by atoms with Crippen LogP contribution in [0.25, 0.3) is 0 Å². The van der Waals surface area contributed by atoms with Crippen LogP contribution in [0.5, 0.6) is 0 Å². The molecule has 0 aliphatic heterocycles. The molecule has 6 nitrogen and oxygen atoms in total. The average Bonchev–Trinajstić information content (AvgIpc) is 2.85. The van der Waals surface area contributed by atoms with Crippen molar-refractivity contribution in [2.45, 2.75) is 137 Å². The Labute approximate surface area is 240 Å². The number of rotatable bonds is 18. The van der Waals surface area contributed by atoms with Crippen molar-refractivity contribution in [1.82, 2.24) is 0 Å². The molecule has 0 unspecified atom stereocenters. The van der Waals surface area contributed by atoms with Crippen LogP contribution in [0.2, 0.25) is 0 Å². The van der Waals surface area contributed by atoms with Gasteiger partial charge in [0.15, 0.2) is 0 Å². The number of ether oxygens (including phenoxy) is 3. The van der Waals surface area contributed by atoms with Gasteiger partial charge in [-0.15, -0.1) is 0 Å². The molecular formula is C27H60LaO6. The van der Waals surface area contributed by atoms with Crippen LogP contribution >= 0.6 is 0 Å². The Bertz CT molecular complexity index is 326. The van der Waals surface area contributed by atoms with E-state index in [1.807, 2.05) is 41.5 Å². The van der Waals surface area contributed by atoms with Crippen LogP contribution < -0.4 is 0 Å². The molecule has 0 aromatic rings. The number of aliphatic hydroxyl groups is 3. The van der Waals surface area contributed by atoms with Crippen LogP contribution in [-0.4, -0.2) is 71.8 Å². The van der Waals surface area contributed by atoms with Crippen LogP contribution in [0.1, 0.15) is 120 Å². The molecule has 0 spiro atoms. The van der Waals surface area contributed by atoms with E-state index in [1.165, 1.54) is 0 Å². The Morgan fingerprint density at radius 1 is 0.412 bits per heavy atom. The third-order valence-corrected chi connectivity index (χ3v) is 6.11. The molecule has 207 valence electrons. The minimum atomic E-state index is -0.588. The largest absolute Gasteiger partial charge is 0.388 e. The number of hydrogen-bond acceptors (Lipinski definition) is 6. The van der Waals surface area contributed by atoms with Crippen molar-refractivity contribution in [3.05, 3.63) is 0 Å². The Hall–Kier alpha value is 0.955. The SMILES string of the molecule is CCCOCC(O)(CC)CC.CCCOCC(O)(CC)CC.CCCOCC(O)(CC)CC.[La]. The van der Waals surface area contributed by atoms with Gasteiger partial charge in [0.25, 0.3) is 0 Å². The molecule has 0 saturated heterocycles. The molecule has 0 rings (SSSR count). The van der Waals surface area contributed by atoms with Crippen molar-refractivity contribution in [2.75, 3.05) is 39.6 Å². The zero-order chi connectivity index (χ0) is 26.2. The first kappa shape index (κ1) is 42.1. The summed E-state index contributed by atoms with van der Waals surface area (Å²) < 4.78 is 15.8. The normalized spacial score (nSPS) is 11.6. The minimum absolute atomic E-state index is 0. The van der Waals surface area contributed by atoms with Crippen LogP contribution in [0.15, 0.2) is 0 Å². The van der Waals surface area contributed by atoms with Gasteiger partial charge in [-0.1, -0.05) is 62.3 Å². The van der Waals surface area contributed by atoms with E-state index in [1.54, 1.807) is 0 Å². The molecule has 0 amide bonds. The zero-order valence-corrected chi connectivity index (χ0v) is 27.9. The van der Waals surface area contributed by atoms with Gasteiger partial charge < -0.3 is 29.5 Å². The van der Waals surface area contributed by atoms with Crippen molar-refractivity contribution in [3.63, 3.8) is 0 Å². The van der Waals surface area contributed by atoms with Gasteiger partial charge in [-0.05, 0) is 57.8 Å². The summed E-state index contributed by atoms with van der Waals surface area (Å²) >= 11 is 0. The van der Waals surface area contributed by atoms with Gasteiger partial charge >= 0.3 is 0 Å². The Kier molecular flexibility index (Phi) is 33.4. The third-order valence-electron chi connectivity index (χ3n) is 6.11. The molecule has 0 aliphatic rings. The summed E-state index contributed by atoms with van der Waals surface area (Å²) in [6.07, 6.45) is 7.68. The third kappa shape index (κ3) is 24.6. The van der Waals surface area contributed by atoms with Gasteiger partial charge in [0.05, 0.1) is 36.6 Å². The molecular weight excluding hydrogens is 559 g/mol. The van der Waals surface area contributed by atoms with Crippen molar-refractivity contribution in [2.24, 2.45) is 0 Å². The van der Waals surface area contributed by atoms with Gasteiger partial charge in [0, 0.05) is 55.4 Å². The molecule has 0 aliphatic carbocycles. The van der Waals surface area contributed by atoms with Gasteiger partial charge in [-0.3, -0.25) is 0 Å². The predicted molar refractivity (Wildman–Crippen MR) is 140 cm³/mol. The van der Waals surface area contributed by atoms with E-state index < -0.39 is 16.8 Å². The molecule has 3 N–H and O–H groups in total. The van der Waals surface area contributed by atoms with Crippen molar-refractivity contribution < 1.29 is 65.1 Å². The van der Waals surface area contributed by atoms with Crippen LogP contribution in [0.4, 0.5) is 0 Å². The monoisotopic (exact) mass is 619 g/mol. The second-order valence-corrected chi connectivity index (χ2v) is 8.95. The molecule has 0 saturated carbocycles. The summed E-state index contributed by atoms with van der Waals surface area (Å²) in [5.74, 6) is 0. The smallest absolute Gasteiger partial charge is 0.0874 e. The first-order valence-corrected chi connectivity index (χ1v) is 13.4. The molecule has 0 fully saturated rings. The van der Waals surface area contributed by atoms with E-state index in [0.29, 0.717) is 19.8 Å². The molecule has 0 aromatic carbocycles. The summed E-state index contributed by atoms with van der Waals surface area (Å²) in [4.78, 5) is 0. The molecule has 0 atom stereocenters. The fraction of sp³-hybridized carbons (Fsp3) is 1.00.